The van der Waals surface area contributed by atoms with Gasteiger partial charge in [0.25, 0.3) is 5.91 Å². The first-order valence-corrected chi connectivity index (χ1v) is 8.47. The van der Waals surface area contributed by atoms with Crippen molar-refractivity contribution >= 4 is 34.5 Å². The lowest BCUT2D eigenvalue weighted by Crippen LogP contribution is -2.46. The molecule has 2 fully saturated rings. The van der Waals surface area contributed by atoms with Crippen LogP contribution in [-0.2, 0) is 4.79 Å². The summed E-state index contributed by atoms with van der Waals surface area (Å²) in [4.78, 5) is 26.0. The van der Waals surface area contributed by atoms with Crippen LogP contribution in [-0.4, -0.2) is 34.0 Å². The number of halogens is 1. The minimum atomic E-state index is -0.872. The minimum Gasteiger partial charge on any atom is -0.480 e. The van der Waals surface area contributed by atoms with Crippen LogP contribution < -0.4 is 0 Å². The molecule has 1 aliphatic carbocycles. The van der Waals surface area contributed by atoms with Gasteiger partial charge in [0.1, 0.15) is 6.04 Å². The molecule has 1 aliphatic heterocycles. The number of carbonyl (C=O) groups excluding carboxylic acids is 1. The van der Waals surface area contributed by atoms with Crippen LogP contribution in [0.5, 0.6) is 0 Å². The molecule has 1 saturated carbocycles. The van der Waals surface area contributed by atoms with E-state index in [1.165, 1.54) is 0 Å². The second kappa shape index (κ2) is 5.94. The zero-order valence-corrected chi connectivity index (χ0v) is 13.8. The molecule has 21 heavy (non-hydrogen) atoms. The Labute approximate surface area is 137 Å². The standard InChI is InChI=1S/C16H18INO3/c17-12-6-3-5-11(8-12)15(19)18-13-7-2-1-4-10(13)9-14(18)16(20)21/h3,5-6,8,10,13-14H,1-2,4,7,9H2,(H,20,21). The summed E-state index contributed by atoms with van der Waals surface area (Å²) in [5, 5.41) is 9.49. The van der Waals surface area contributed by atoms with E-state index < -0.39 is 12.0 Å². The average molecular weight is 399 g/mol. The van der Waals surface area contributed by atoms with Gasteiger partial charge in [0.05, 0.1) is 0 Å². The number of hydrogen-bond donors (Lipinski definition) is 1. The molecule has 3 rings (SSSR count). The summed E-state index contributed by atoms with van der Waals surface area (Å²) in [7, 11) is 0. The Balaban J connectivity index is 1.92. The Morgan fingerprint density at radius 2 is 2.00 bits per heavy atom. The Bertz CT molecular complexity index is 574. The molecule has 5 heteroatoms. The van der Waals surface area contributed by atoms with Gasteiger partial charge in [-0.1, -0.05) is 18.9 Å². The lowest BCUT2D eigenvalue weighted by Gasteiger charge is -2.33. The largest absolute Gasteiger partial charge is 0.480 e. The van der Waals surface area contributed by atoms with Crippen LogP contribution in [0.1, 0.15) is 42.5 Å². The molecule has 112 valence electrons. The highest BCUT2D eigenvalue weighted by atomic mass is 127. The lowest BCUT2D eigenvalue weighted by molar-refractivity contribution is -0.141. The van der Waals surface area contributed by atoms with Crippen molar-refractivity contribution in [3.63, 3.8) is 0 Å². The number of aliphatic carboxylic acids is 1. The molecule has 1 saturated heterocycles. The van der Waals surface area contributed by atoms with E-state index in [1.807, 2.05) is 18.2 Å². The number of carbonyl (C=O) groups is 2. The van der Waals surface area contributed by atoms with Crippen molar-refractivity contribution in [2.24, 2.45) is 5.92 Å². The van der Waals surface area contributed by atoms with Crippen LogP contribution in [0.2, 0.25) is 0 Å². The zero-order chi connectivity index (χ0) is 15.0. The molecule has 3 atom stereocenters. The molecule has 0 bridgehead atoms. The van der Waals surface area contributed by atoms with E-state index in [4.69, 9.17) is 0 Å². The molecule has 0 aromatic heterocycles. The fourth-order valence-electron chi connectivity index (χ4n) is 3.74. The fraction of sp³-hybridized carbons (Fsp3) is 0.500. The molecule has 0 spiro atoms. The van der Waals surface area contributed by atoms with E-state index in [0.717, 1.165) is 29.3 Å². The Hall–Kier alpha value is -1.11. The molecule has 3 unspecified atom stereocenters. The number of likely N-dealkylation sites (tertiary alicyclic amines) is 1. The summed E-state index contributed by atoms with van der Waals surface area (Å²) in [6.45, 7) is 0. The predicted molar refractivity (Wildman–Crippen MR) is 87.1 cm³/mol. The van der Waals surface area contributed by atoms with E-state index in [2.05, 4.69) is 22.6 Å². The smallest absolute Gasteiger partial charge is 0.326 e. The van der Waals surface area contributed by atoms with Crippen molar-refractivity contribution in [1.29, 1.82) is 0 Å². The third kappa shape index (κ3) is 2.80. The van der Waals surface area contributed by atoms with Gasteiger partial charge in [-0.25, -0.2) is 4.79 Å². The highest BCUT2D eigenvalue weighted by Gasteiger charge is 2.47. The van der Waals surface area contributed by atoms with Gasteiger partial charge >= 0.3 is 5.97 Å². The maximum atomic E-state index is 12.8. The number of carboxylic acids is 1. The molecule has 1 aromatic carbocycles. The molecule has 1 amide bonds. The van der Waals surface area contributed by atoms with Gasteiger partial charge in [0.15, 0.2) is 0 Å². The predicted octanol–water partition coefficient (Wildman–Crippen LogP) is 3.15. The fourth-order valence-corrected chi connectivity index (χ4v) is 4.29. The first kappa shape index (κ1) is 14.8. The molecule has 1 N–H and O–H groups in total. The highest BCUT2D eigenvalue weighted by Crippen LogP contribution is 2.40. The molecule has 2 aliphatic rings. The van der Waals surface area contributed by atoms with Gasteiger partial charge in [-0.15, -0.1) is 0 Å². The summed E-state index contributed by atoms with van der Waals surface area (Å²) in [5.74, 6) is -0.648. The molecular weight excluding hydrogens is 381 g/mol. The number of fused-ring (bicyclic) bond motifs is 1. The summed E-state index contributed by atoms with van der Waals surface area (Å²) in [5.41, 5.74) is 0.597. The van der Waals surface area contributed by atoms with Crippen molar-refractivity contribution < 1.29 is 14.7 Å². The first-order chi connectivity index (χ1) is 10.1. The number of rotatable bonds is 2. The summed E-state index contributed by atoms with van der Waals surface area (Å²) < 4.78 is 0.990. The number of nitrogens with zero attached hydrogens (tertiary/aromatic N) is 1. The van der Waals surface area contributed by atoms with E-state index in [-0.39, 0.29) is 11.9 Å². The number of amides is 1. The number of benzene rings is 1. The van der Waals surface area contributed by atoms with E-state index in [0.29, 0.717) is 17.9 Å². The molecule has 1 aromatic rings. The van der Waals surface area contributed by atoms with Crippen LogP contribution in [0.25, 0.3) is 0 Å². The summed E-state index contributed by atoms with van der Waals surface area (Å²) in [6, 6.07) is 6.82. The second-order valence-corrected chi connectivity index (χ2v) is 7.17. The number of hydrogen-bond acceptors (Lipinski definition) is 2. The van der Waals surface area contributed by atoms with Gasteiger partial charge in [-0.05, 0) is 66.0 Å². The highest BCUT2D eigenvalue weighted by molar-refractivity contribution is 14.1. The van der Waals surface area contributed by atoms with Crippen molar-refractivity contribution in [2.45, 2.75) is 44.2 Å². The molecule has 0 radical (unpaired) electrons. The van der Waals surface area contributed by atoms with Crippen LogP contribution >= 0.6 is 22.6 Å². The third-order valence-corrected chi connectivity index (χ3v) is 5.35. The van der Waals surface area contributed by atoms with Crippen LogP contribution in [0.3, 0.4) is 0 Å². The van der Waals surface area contributed by atoms with Crippen molar-refractivity contribution in [3.05, 3.63) is 33.4 Å². The maximum absolute atomic E-state index is 12.8. The Morgan fingerprint density at radius 3 is 2.71 bits per heavy atom. The van der Waals surface area contributed by atoms with Crippen LogP contribution in [0, 0.1) is 9.49 Å². The quantitative estimate of drug-likeness (QED) is 0.778. The minimum absolute atomic E-state index is 0.102. The van der Waals surface area contributed by atoms with E-state index in [9.17, 15) is 14.7 Å². The second-order valence-electron chi connectivity index (χ2n) is 5.92. The molecular formula is C16H18INO3. The van der Waals surface area contributed by atoms with Gasteiger partial charge in [0, 0.05) is 15.2 Å². The summed E-state index contributed by atoms with van der Waals surface area (Å²) in [6.07, 6.45) is 4.83. The van der Waals surface area contributed by atoms with Gasteiger partial charge in [-0.3, -0.25) is 4.79 Å². The summed E-state index contributed by atoms with van der Waals surface area (Å²) >= 11 is 2.17. The van der Waals surface area contributed by atoms with Crippen molar-refractivity contribution in [2.75, 3.05) is 0 Å². The van der Waals surface area contributed by atoms with E-state index >= 15 is 0 Å². The monoisotopic (exact) mass is 399 g/mol. The zero-order valence-electron chi connectivity index (χ0n) is 11.7. The first-order valence-electron chi connectivity index (χ1n) is 7.39. The normalized spacial score (nSPS) is 28.2. The third-order valence-electron chi connectivity index (χ3n) is 4.68. The van der Waals surface area contributed by atoms with Crippen molar-refractivity contribution in [3.8, 4) is 0 Å². The lowest BCUT2D eigenvalue weighted by atomic mass is 9.84. The average Bonchev–Trinajstić information content (AvgIpc) is 2.86. The van der Waals surface area contributed by atoms with Crippen LogP contribution in [0.4, 0.5) is 0 Å². The Morgan fingerprint density at radius 1 is 1.24 bits per heavy atom. The Kier molecular flexibility index (Phi) is 4.19. The van der Waals surface area contributed by atoms with Gasteiger partial charge in [-0.2, -0.15) is 0 Å². The van der Waals surface area contributed by atoms with Gasteiger partial charge in [0.2, 0.25) is 0 Å². The number of carboxylic acid groups (broad SMARTS) is 1. The SMILES string of the molecule is O=C(O)C1CC2CCCCC2N1C(=O)c1cccc(I)c1. The van der Waals surface area contributed by atoms with E-state index in [1.54, 1.807) is 11.0 Å². The molecule has 1 heterocycles. The van der Waals surface area contributed by atoms with Crippen molar-refractivity contribution in [1.82, 2.24) is 4.90 Å². The van der Waals surface area contributed by atoms with Crippen LogP contribution in [0.15, 0.2) is 24.3 Å². The topological polar surface area (TPSA) is 57.6 Å². The maximum Gasteiger partial charge on any atom is 0.326 e. The molecule has 4 nitrogen and oxygen atoms in total. The van der Waals surface area contributed by atoms with Gasteiger partial charge < -0.3 is 10.0 Å².